The van der Waals surface area contributed by atoms with Crippen LogP contribution >= 0.6 is 0 Å². The van der Waals surface area contributed by atoms with Crippen molar-refractivity contribution >= 4 is 10.0 Å². The zero-order valence-corrected chi connectivity index (χ0v) is 14.6. The van der Waals surface area contributed by atoms with E-state index in [1.165, 1.54) is 5.56 Å². The quantitative estimate of drug-likeness (QED) is 0.811. The summed E-state index contributed by atoms with van der Waals surface area (Å²) in [5.41, 5.74) is 1.39. The largest absolute Gasteiger partial charge is 0.331 e. The highest BCUT2D eigenvalue weighted by atomic mass is 32.2. The lowest BCUT2D eigenvalue weighted by Gasteiger charge is -2.34. The van der Waals surface area contributed by atoms with Gasteiger partial charge in [0.1, 0.15) is 0 Å². The third-order valence-corrected chi connectivity index (χ3v) is 6.70. The maximum absolute atomic E-state index is 12.1. The molecule has 124 valence electrons. The number of benzene rings is 1. The van der Waals surface area contributed by atoms with Gasteiger partial charge in [0.05, 0.1) is 38.0 Å². The lowest BCUT2D eigenvalue weighted by Crippen LogP contribution is -3.18. The number of quaternary nitrogens is 1. The Hall–Kier alpha value is -0.910. The van der Waals surface area contributed by atoms with Crippen molar-refractivity contribution in [1.82, 2.24) is 4.31 Å². The topological polar surface area (TPSA) is 41.8 Å². The normalized spacial score (nSPS) is 19.2. The Balaban J connectivity index is 1.79. The molecule has 0 spiro atoms. The minimum absolute atomic E-state index is 0.284. The summed E-state index contributed by atoms with van der Waals surface area (Å²) in [5.74, 6) is 0.284. The summed E-state index contributed by atoms with van der Waals surface area (Å²) >= 11 is 0. The fourth-order valence-corrected chi connectivity index (χ4v) is 4.68. The lowest BCUT2D eigenvalue weighted by molar-refractivity contribution is -0.927. The first-order valence-electron chi connectivity index (χ1n) is 8.39. The van der Waals surface area contributed by atoms with Crippen LogP contribution in [0.1, 0.15) is 32.3 Å². The van der Waals surface area contributed by atoms with Crippen molar-refractivity contribution in [3.63, 3.8) is 0 Å². The van der Waals surface area contributed by atoms with Crippen LogP contribution in [0, 0.1) is 0 Å². The highest BCUT2D eigenvalue weighted by Crippen LogP contribution is 2.06. The third kappa shape index (κ3) is 4.80. The molecule has 1 N–H and O–H groups in total. The van der Waals surface area contributed by atoms with E-state index < -0.39 is 10.0 Å². The standard InChI is InChI=1S/C17H28N2O2S/c1-3-15-22(20,21)19-13-11-18(12-14-19)16(2)9-10-17-7-5-4-6-8-17/h4-8,16H,3,9-15H2,1-2H3/p+1/t16-/m1/s1. The van der Waals surface area contributed by atoms with Crippen LogP contribution in [0.4, 0.5) is 0 Å². The van der Waals surface area contributed by atoms with Crippen molar-refractivity contribution < 1.29 is 13.3 Å². The van der Waals surface area contributed by atoms with Crippen LogP contribution < -0.4 is 4.90 Å². The predicted molar refractivity (Wildman–Crippen MR) is 90.6 cm³/mol. The monoisotopic (exact) mass is 325 g/mol. The number of piperazine rings is 1. The van der Waals surface area contributed by atoms with E-state index in [4.69, 9.17) is 0 Å². The maximum atomic E-state index is 12.1. The Morgan fingerprint density at radius 3 is 2.41 bits per heavy atom. The number of nitrogens with zero attached hydrogens (tertiary/aromatic N) is 1. The Kier molecular flexibility index (Phi) is 6.41. The van der Waals surface area contributed by atoms with Gasteiger partial charge in [0.2, 0.25) is 10.0 Å². The van der Waals surface area contributed by atoms with Gasteiger partial charge in [-0.25, -0.2) is 8.42 Å². The van der Waals surface area contributed by atoms with Crippen molar-refractivity contribution in [2.24, 2.45) is 0 Å². The summed E-state index contributed by atoms with van der Waals surface area (Å²) in [6.45, 7) is 7.41. The summed E-state index contributed by atoms with van der Waals surface area (Å²) in [6, 6.07) is 11.2. The highest BCUT2D eigenvalue weighted by molar-refractivity contribution is 7.89. The number of rotatable bonds is 7. The molecular formula is C17H29N2O2S+. The van der Waals surface area contributed by atoms with Gasteiger partial charge in [-0.05, 0) is 25.3 Å². The second-order valence-corrected chi connectivity index (χ2v) is 8.39. The molecule has 1 aromatic rings. The van der Waals surface area contributed by atoms with E-state index in [0.717, 1.165) is 25.9 Å². The molecule has 1 fully saturated rings. The Morgan fingerprint density at radius 2 is 1.82 bits per heavy atom. The zero-order chi connectivity index (χ0) is 16.0. The highest BCUT2D eigenvalue weighted by Gasteiger charge is 2.30. The fraction of sp³-hybridized carbons (Fsp3) is 0.647. The van der Waals surface area contributed by atoms with E-state index in [0.29, 0.717) is 25.6 Å². The molecule has 22 heavy (non-hydrogen) atoms. The molecule has 0 aromatic heterocycles. The van der Waals surface area contributed by atoms with E-state index in [9.17, 15) is 8.42 Å². The molecule has 0 amide bonds. The number of nitrogens with one attached hydrogen (secondary N) is 1. The zero-order valence-electron chi connectivity index (χ0n) is 13.8. The molecule has 0 aliphatic carbocycles. The van der Waals surface area contributed by atoms with Gasteiger partial charge in [-0.2, -0.15) is 4.31 Å². The summed E-state index contributed by atoms with van der Waals surface area (Å²) in [7, 11) is -3.02. The van der Waals surface area contributed by atoms with E-state index >= 15 is 0 Å². The van der Waals surface area contributed by atoms with E-state index in [1.54, 1.807) is 9.21 Å². The molecule has 0 saturated carbocycles. The molecule has 1 aliphatic rings. The molecule has 5 heteroatoms. The summed E-state index contributed by atoms with van der Waals surface area (Å²) in [5, 5.41) is 0. The Labute approximate surface area is 135 Å². The van der Waals surface area contributed by atoms with E-state index in [1.807, 2.05) is 13.0 Å². The molecule has 1 atom stereocenters. The van der Waals surface area contributed by atoms with Crippen molar-refractivity contribution in [3.8, 4) is 0 Å². The molecule has 1 aliphatic heterocycles. The van der Waals surface area contributed by atoms with Crippen molar-refractivity contribution in [1.29, 1.82) is 0 Å². The fourth-order valence-electron chi connectivity index (χ4n) is 3.16. The smallest absolute Gasteiger partial charge is 0.214 e. The molecule has 0 unspecified atom stereocenters. The molecule has 1 aromatic carbocycles. The van der Waals surface area contributed by atoms with Crippen LogP contribution in [0.25, 0.3) is 0 Å². The van der Waals surface area contributed by atoms with Crippen LogP contribution in [0.15, 0.2) is 30.3 Å². The first-order chi connectivity index (χ1) is 10.5. The number of aryl methyl sites for hydroxylation is 1. The molecule has 0 bridgehead atoms. The Morgan fingerprint density at radius 1 is 1.18 bits per heavy atom. The van der Waals surface area contributed by atoms with Gasteiger partial charge >= 0.3 is 0 Å². The number of hydrogen-bond acceptors (Lipinski definition) is 2. The summed E-state index contributed by atoms with van der Waals surface area (Å²) < 4.78 is 25.9. The number of sulfonamides is 1. The van der Waals surface area contributed by atoms with Crippen molar-refractivity contribution in [2.75, 3.05) is 31.9 Å². The third-order valence-electron chi connectivity index (χ3n) is 4.63. The molecule has 1 heterocycles. The second kappa shape index (κ2) is 8.09. The van der Waals surface area contributed by atoms with Crippen LogP contribution in [-0.4, -0.2) is 50.7 Å². The van der Waals surface area contributed by atoms with Crippen molar-refractivity contribution in [3.05, 3.63) is 35.9 Å². The van der Waals surface area contributed by atoms with Crippen LogP contribution in [-0.2, 0) is 16.4 Å². The lowest BCUT2D eigenvalue weighted by atomic mass is 10.0. The Bertz CT molecular complexity index is 537. The molecule has 4 nitrogen and oxygen atoms in total. The average molecular weight is 325 g/mol. The molecule has 1 saturated heterocycles. The molecular weight excluding hydrogens is 296 g/mol. The molecule has 2 rings (SSSR count). The SMILES string of the molecule is CCCS(=O)(=O)N1CC[NH+]([C@H](C)CCc2ccccc2)CC1. The van der Waals surface area contributed by atoms with Crippen molar-refractivity contribution in [2.45, 2.75) is 39.2 Å². The second-order valence-electron chi connectivity index (χ2n) is 6.30. The van der Waals surface area contributed by atoms with E-state index in [-0.39, 0.29) is 5.75 Å². The van der Waals surface area contributed by atoms with Crippen LogP contribution in [0.2, 0.25) is 0 Å². The van der Waals surface area contributed by atoms with E-state index in [2.05, 4.69) is 31.2 Å². The summed E-state index contributed by atoms with van der Waals surface area (Å²) in [6.07, 6.45) is 2.95. The predicted octanol–water partition coefficient (Wildman–Crippen LogP) is 0.948. The minimum Gasteiger partial charge on any atom is -0.331 e. The van der Waals surface area contributed by atoms with Gasteiger partial charge in [0, 0.05) is 6.42 Å². The van der Waals surface area contributed by atoms with Gasteiger partial charge in [0.25, 0.3) is 0 Å². The maximum Gasteiger partial charge on any atom is 0.214 e. The minimum atomic E-state index is -3.02. The van der Waals surface area contributed by atoms with Gasteiger partial charge < -0.3 is 4.90 Å². The van der Waals surface area contributed by atoms with Crippen LogP contribution in [0.5, 0.6) is 0 Å². The molecule has 0 radical (unpaired) electrons. The van der Waals surface area contributed by atoms with Crippen LogP contribution in [0.3, 0.4) is 0 Å². The first kappa shape index (κ1) is 17.4. The van der Waals surface area contributed by atoms with Gasteiger partial charge in [0.15, 0.2) is 0 Å². The van der Waals surface area contributed by atoms with Gasteiger partial charge in [-0.1, -0.05) is 37.3 Å². The van der Waals surface area contributed by atoms with Gasteiger partial charge in [-0.3, -0.25) is 0 Å². The average Bonchev–Trinajstić information content (AvgIpc) is 2.54. The van der Waals surface area contributed by atoms with Gasteiger partial charge in [-0.15, -0.1) is 0 Å². The summed E-state index contributed by atoms with van der Waals surface area (Å²) in [4.78, 5) is 1.54. The number of hydrogen-bond donors (Lipinski definition) is 1. The first-order valence-corrected chi connectivity index (χ1v) is 10.00.